The first kappa shape index (κ1) is 13.9. The first-order chi connectivity index (χ1) is 10.8. The zero-order valence-corrected chi connectivity index (χ0v) is 12.0. The number of hydrogen-bond acceptors (Lipinski definition) is 5. The second kappa shape index (κ2) is 6.17. The van der Waals surface area contributed by atoms with E-state index in [0.717, 1.165) is 16.8 Å². The van der Waals surface area contributed by atoms with Crippen LogP contribution in [0.15, 0.2) is 55.0 Å². The van der Waals surface area contributed by atoms with Crippen LogP contribution in [-0.2, 0) is 11.3 Å². The van der Waals surface area contributed by atoms with Crippen LogP contribution in [0.5, 0.6) is 0 Å². The number of hydrogen-bond donors (Lipinski definition) is 0. The number of methoxy groups -OCH3 is 1. The van der Waals surface area contributed by atoms with Gasteiger partial charge in [-0.15, -0.1) is 5.10 Å². The molecule has 0 N–H and O–H groups in total. The maximum Gasteiger partial charge on any atom is 0.337 e. The molecule has 0 unspecified atom stereocenters. The largest absolute Gasteiger partial charge is 0.465 e. The maximum absolute atomic E-state index is 11.5. The summed E-state index contributed by atoms with van der Waals surface area (Å²) in [6, 6.07) is 11.0. The molecule has 1 aromatic carbocycles. The lowest BCUT2D eigenvalue weighted by atomic mass is 10.1. The molecule has 0 atom stereocenters. The lowest BCUT2D eigenvalue weighted by Crippen LogP contribution is -2.04. The van der Waals surface area contributed by atoms with E-state index in [0.29, 0.717) is 12.1 Å². The van der Waals surface area contributed by atoms with Gasteiger partial charge in [-0.2, -0.15) is 0 Å². The van der Waals surface area contributed by atoms with Crippen LogP contribution in [0.3, 0.4) is 0 Å². The SMILES string of the molecule is COC(=O)c1cccc(Cn2cc(-c3cccnc3)nn2)c1. The summed E-state index contributed by atoms with van der Waals surface area (Å²) in [4.78, 5) is 15.6. The van der Waals surface area contributed by atoms with Crippen molar-refractivity contribution < 1.29 is 9.53 Å². The fourth-order valence-electron chi connectivity index (χ4n) is 2.12. The van der Waals surface area contributed by atoms with Gasteiger partial charge in [-0.3, -0.25) is 4.98 Å². The van der Waals surface area contributed by atoms with Crippen molar-refractivity contribution >= 4 is 5.97 Å². The third kappa shape index (κ3) is 3.01. The van der Waals surface area contributed by atoms with Crippen molar-refractivity contribution in [3.05, 3.63) is 66.1 Å². The normalized spacial score (nSPS) is 10.4. The highest BCUT2D eigenvalue weighted by molar-refractivity contribution is 5.89. The van der Waals surface area contributed by atoms with E-state index in [9.17, 15) is 4.79 Å². The van der Waals surface area contributed by atoms with E-state index < -0.39 is 0 Å². The van der Waals surface area contributed by atoms with Crippen molar-refractivity contribution in [1.29, 1.82) is 0 Å². The number of aromatic nitrogens is 4. The quantitative estimate of drug-likeness (QED) is 0.690. The van der Waals surface area contributed by atoms with Crippen LogP contribution >= 0.6 is 0 Å². The molecule has 3 rings (SSSR count). The third-order valence-corrected chi connectivity index (χ3v) is 3.19. The molecule has 0 saturated carbocycles. The second-order valence-corrected chi connectivity index (χ2v) is 4.74. The Balaban J connectivity index is 1.80. The molecule has 0 fully saturated rings. The van der Waals surface area contributed by atoms with Crippen molar-refractivity contribution in [3.8, 4) is 11.3 Å². The molecule has 0 saturated heterocycles. The Labute approximate surface area is 127 Å². The molecule has 0 aliphatic heterocycles. The Morgan fingerprint density at radius 2 is 2.18 bits per heavy atom. The van der Waals surface area contributed by atoms with Crippen molar-refractivity contribution in [2.24, 2.45) is 0 Å². The average Bonchev–Trinajstić information content (AvgIpc) is 3.03. The Kier molecular flexibility index (Phi) is 3.91. The Bertz CT molecular complexity index is 784. The number of esters is 1. The van der Waals surface area contributed by atoms with Crippen molar-refractivity contribution in [2.75, 3.05) is 7.11 Å². The molecule has 2 heterocycles. The molecule has 0 aliphatic rings. The van der Waals surface area contributed by atoms with Crippen LogP contribution in [-0.4, -0.2) is 33.1 Å². The Hall–Kier alpha value is -3.02. The highest BCUT2D eigenvalue weighted by Crippen LogP contribution is 2.15. The van der Waals surface area contributed by atoms with Gasteiger partial charge in [-0.05, 0) is 29.8 Å². The van der Waals surface area contributed by atoms with E-state index >= 15 is 0 Å². The number of benzene rings is 1. The number of carbonyl (C=O) groups excluding carboxylic acids is 1. The number of nitrogens with zero attached hydrogens (tertiary/aromatic N) is 4. The molecule has 3 aromatic rings. The zero-order valence-electron chi connectivity index (χ0n) is 12.0. The van der Waals surface area contributed by atoms with Crippen molar-refractivity contribution in [1.82, 2.24) is 20.0 Å². The van der Waals surface area contributed by atoms with Crippen molar-refractivity contribution in [3.63, 3.8) is 0 Å². The lowest BCUT2D eigenvalue weighted by molar-refractivity contribution is 0.0600. The van der Waals surface area contributed by atoms with Gasteiger partial charge >= 0.3 is 5.97 Å². The van der Waals surface area contributed by atoms with Gasteiger partial charge in [0, 0.05) is 18.0 Å². The molecule has 6 nitrogen and oxygen atoms in total. The summed E-state index contributed by atoms with van der Waals surface area (Å²) in [7, 11) is 1.37. The highest BCUT2D eigenvalue weighted by Gasteiger charge is 2.07. The summed E-state index contributed by atoms with van der Waals surface area (Å²) in [5.74, 6) is -0.350. The zero-order chi connectivity index (χ0) is 15.4. The minimum absolute atomic E-state index is 0.350. The number of ether oxygens (including phenoxy) is 1. The van der Waals surface area contributed by atoms with Gasteiger partial charge in [0.05, 0.1) is 25.4 Å². The van der Waals surface area contributed by atoms with Crippen LogP contribution in [0.1, 0.15) is 15.9 Å². The smallest absolute Gasteiger partial charge is 0.337 e. The van der Waals surface area contributed by atoms with Crippen LogP contribution in [0.25, 0.3) is 11.3 Å². The fraction of sp³-hybridized carbons (Fsp3) is 0.125. The van der Waals surface area contributed by atoms with Gasteiger partial charge in [-0.1, -0.05) is 17.3 Å². The minimum Gasteiger partial charge on any atom is -0.465 e. The summed E-state index contributed by atoms with van der Waals surface area (Å²) in [5, 5.41) is 8.24. The Morgan fingerprint density at radius 1 is 1.27 bits per heavy atom. The summed E-state index contributed by atoms with van der Waals surface area (Å²) in [6.45, 7) is 0.526. The standard InChI is InChI=1S/C16H14N4O2/c1-22-16(21)13-5-2-4-12(8-13)10-20-11-15(18-19-20)14-6-3-7-17-9-14/h2-9,11H,10H2,1H3. The van der Waals surface area contributed by atoms with E-state index in [4.69, 9.17) is 4.74 Å². The van der Waals surface area contributed by atoms with Gasteiger partial charge < -0.3 is 4.74 Å². The molecule has 2 aromatic heterocycles. The molecule has 0 spiro atoms. The summed E-state index contributed by atoms with van der Waals surface area (Å²) in [5.41, 5.74) is 3.15. The van der Waals surface area contributed by atoms with E-state index in [-0.39, 0.29) is 5.97 Å². The first-order valence-electron chi connectivity index (χ1n) is 6.74. The summed E-state index contributed by atoms with van der Waals surface area (Å²) < 4.78 is 6.44. The van der Waals surface area contributed by atoms with Crippen LogP contribution in [0.4, 0.5) is 0 Å². The van der Waals surface area contributed by atoms with Crippen LogP contribution < -0.4 is 0 Å². The molecule has 0 aliphatic carbocycles. The molecular formula is C16H14N4O2. The third-order valence-electron chi connectivity index (χ3n) is 3.19. The minimum atomic E-state index is -0.350. The predicted octanol–water partition coefficient (Wildman–Crippen LogP) is 2.17. The molecule has 0 bridgehead atoms. The van der Waals surface area contributed by atoms with Gasteiger partial charge in [0.2, 0.25) is 0 Å². The van der Waals surface area contributed by atoms with Gasteiger partial charge in [-0.25, -0.2) is 9.48 Å². The molecule has 110 valence electrons. The first-order valence-corrected chi connectivity index (χ1v) is 6.74. The van der Waals surface area contributed by atoms with Gasteiger partial charge in [0.1, 0.15) is 5.69 Å². The number of pyridine rings is 1. The predicted molar refractivity (Wildman–Crippen MR) is 80.1 cm³/mol. The van der Waals surface area contributed by atoms with Crippen LogP contribution in [0.2, 0.25) is 0 Å². The van der Waals surface area contributed by atoms with Crippen molar-refractivity contribution in [2.45, 2.75) is 6.54 Å². The topological polar surface area (TPSA) is 69.9 Å². The van der Waals surface area contributed by atoms with E-state index in [1.54, 1.807) is 29.2 Å². The van der Waals surface area contributed by atoms with Crippen LogP contribution in [0, 0.1) is 0 Å². The Morgan fingerprint density at radius 3 is 2.95 bits per heavy atom. The summed E-state index contributed by atoms with van der Waals surface area (Å²) in [6.07, 6.45) is 5.31. The van der Waals surface area contributed by atoms with Gasteiger partial charge in [0.25, 0.3) is 0 Å². The van der Waals surface area contributed by atoms with E-state index in [1.165, 1.54) is 7.11 Å². The maximum atomic E-state index is 11.5. The molecule has 0 radical (unpaired) electrons. The second-order valence-electron chi connectivity index (χ2n) is 4.74. The molecule has 6 heteroatoms. The molecular weight excluding hydrogens is 280 g/mol. The lowest BCUT2D eigenvalue weighted by Gasteiger charge is -2.03. The number of carbonyl (C=O) groups is 1. The molecule has 0 amide bonds. The van der Waals surface area contributed by atoms with E-state index in [1.807, 2.05) is 30.5 Å². The average molecular weight is 294 g/mol. The molecule has 22 heavy (non-hydrogen) atoms. The van der Waals surface area contributed by atoms with Gasteiger partial charge in [0.15, 0.2) is 0 Å². The highest BCUT2D eigenvalue weighted by atomic mass is 16.5. The summed E-state index contributed by atoms with van der Waals surface area (Å²) >= 11 is 0. The number of rotatable bonds is 4. The van der Waals surface area contributed by atoms with E-state index in [2.05, 4.69) is 15.3 Å². The fourth-order valence-corrected chi connectivity index (χ4v) is 2.12. The monoisotopic (exact) mass is 294 g/mol.